The summed E-state index contributed by atoms with van der Waals surface area (Å²) in [6.45, 7) is 5.88. The van der Waals surface area contributed by atoms with Gasteiger partial charge in [-0.1, -0.05) is 6.92 Å². The third kappa shape index (κ3) is 4.05. The lowest BCUT2D eigenvalue weighted by Gasteiger charge is -2.12. The van der Waals surface area contributed by atoms with Crippen molar-refractivity contribution in [2.45, 2.75) is 25.7 Å². The number of aryl methyl sites for hydroxylation is 2. The normalized spacial score (nSPS) is 13.2. The first-order valence-corrected chi connectivity index (χ1v) is 8.05. The van der Waals surface area contributed by atoms with Crippen LogP contribution < -0.4 is 10.0 Å². The minimum Gasteiger partial charge on any atom is -0.465 e. The Labute approximate surface area is 125 Å². The number of rotatable bonds is 7. The van der Waals surface area contributed by atoms with Gasteiger partial charge in [-0.25, -0.2) is 17.9 Å². The summed E-state index contributed by atoms with van der Waals surface area (Å²) >= 11 is 0. The summed E-state index contributed by atoms with van der Waals surface area (Å²) in [6.07, 6.45) is 0. The minimum absolute atomic E-state index is 0.0521. The average Bonchev–Trinajstić information content (AvgIpc) is 2.71. The zero-order chi connectivity index (χ0) is 16.2. The van der Waals surface area contributed by atoms with Crippen molar-refractivity contribution in [3.05, 3.63) is 17.1 Å². The van der Waals surface area contributed by atoms with Crippen molar-refractivity contribution >= 4 is 16.0 Å². The molecule has 7 nitrogen and oxygen atoms in total. The number of furan rings is 1. The van der Waals surface area contributed by atoms with Crippen molar-refractivity contribution in [3.8, 4) is 0 Å². The second-order valence-corrected chi connectivity index (χ2v) is 6.63. The molecule has 8 heteroatoms. The molecule has 0 aliphatic heterocycles. The highest BCUT2D eigenvalue weighted by Gasteiger charge is 2.31. The first-order valence-electron chi connectivity index (χ1n) is 6.57. The highest BCUT2D eigenvalue weighted by Crippen LogP contribution is 2.27. The van der Waals surface area contributed by atoms with E-state index >= 15 is 0 Å². The van der Waals surface area contributed by atoms with Gasteiger partial charge in [-0.3, -0.25) is 0 Å². The largest absolute Gasteiger partial charge is 0.465 e. The number of carbonyl (C=O) groups is 1. The maximum absolute atomic E-state index is 12.4. The van der Waals surface area contributed by atoms with E-state index in [9.17, 15) is 13.2 Å². The number of hydrogen-bond donors (Lipinski definition) is 2. The number of carbonyl (C=O) groups excluding carboxylic acids is 1. The first-order chi connectivity index (χ1) is 9.74. The smallest absolute Gasteiger partial charge is 0.342 e. The van der Waals surface area contributed by atoms with Crippen LogP contribution in [0.15, 0.2) is 9.31 Å². The van der Waals surface area contributed by atoms with E-state index in [-0.39, 0.29) is 34.4 Å². The van der Waals surface area contributed by atoms with Gasteiger partial charge >= 0.3 is 5.97 Å². The maximum atomic E-state index is 12.4. The molecule has 21 heavy (non-hydrogen) atoms. The topological polar surface area (TPSA) is 97.6 Å². The molecule has 2 N–H and O–H groups in total. The second kappa shape index (κ2) is 7.06. The quantitative estimate of drug-likeness (QED) is 0.722. The van der Waals surface area contributed by atoms with Crippen molar-refractivity contribution in [1.82, 2.24) is 10.0 Å². The lowest BCUT2D eigenvalue weighted by Crippen LogP contribution is -2.33. The lowest BCUT2D eigenvalue weighted by atomic mass is 10.2. The van der Waals surface area contributed by atoms with Crippen LogP contribution in [-0.4, -0.2) is 41.6 Å². The summed E-state index contributed by atoms with van der Waals surface area (Å²) in [5.74, 6) is -0.225. The molecule has 0 radical (unpaired) electrons. The monoisotopic (exact) mass is 318 g/mol. The van der Waals surface area contributed by atoms with Crippen LogP contribution in [0.25, 0.3) is 0 Å². The van der Waals surface area contributed by atoms with Crippen molar-refractivity contribution in [2.75, 3.05) is 27.2 Å². The first kappa shape index (κ1) is 17.7. The molecule has 0 aliphatic rings. The zero-order valence-electron chi connectivity index (χ0n) is 12.9. The van der Waals surface area contributed by atoms with Gasteiger partial charge in [0.15, 0.2) is 0 Å². The zero-order valence-corrected chi connectivity index (χ0v) is 13.8. The number of methoxy groups -OCH3 is 1. The van der Waals surface area contributed by atoms with E-state index in [2.05, 4.69) is 14.8 Å². The fourth-order valence-electron chi connectivity index (χ4n) is 2.07. The highest BCUT2D eigenvalue weighted by atomic mass is 32.2. The Morgan fingerprint density at radius 1 is 1.29 bits per heavy atom. The summed E-state index contributed by atoms with van der Waals surface area (Å²) in [4.78, 5) is 11.6. The molecule has 0 aromatic carbocycles. The predicted molar refractivity (Wildman–Crippen MR) is 77.8 cm³/mol. The molecule has 0 aliphatic carbocycles. The molecule has 0 saturated heterocycles. The summed E-state index contributed by atoms with van der Waals surface area (Å²) in [5, 5.41) is 2.97. The molecule has 1 unspecified atom stereocenters. The fourth-order valence-corrected chi connectivity index (χ4v) is 3.63. The van der Waals surface area contributed by atoms with Crippen molar-refractivity contribution in [1.29, 1.82) is 0 Å². The predicted octanol–water partition coefficient (Wildman–Crippen LogP) is 0.817. The van der Waals surface area contributed by atoms with E-state index in [1.54, 1.807) is 7.05 Å². The van der Waals surface area contributed by atoms with E-state index in [0.29, 0.717) is 6.54 Å². The minimum atomic E-state index is -3.84. The van der Waals surface area contributed by atoms with Gasteiger partial charge in [-0.05, 0) is 33.4 Å². The molecule has 1 aromatic heterocycles. The maximum Gasteiger partial charge on any atom is 0.342 e. The van der Waals surface area contributed by atoms with Gasteiger partial charge in [0.2, 0.25) is 10.0 Å². The Kier molecular flexibility index (Phi) is 5.94. The molecule has 0 fully saturated rings. The Balaban J connectivity index is 3.11. The van der Waals surface area contributed by atoms with E-state index in [4.69, 9.17) is 4.42 Å². The number of nitrogens with one attached hydrogen (secondary N) is 2. The molecule has 0 spiro atoms. The van der Waals surface area contributed by atoms with Crippen molar-refractivity contribution in [2.24, 2.45) is 5.92 Å². The van der Waals surface area contributed by atoms with E-state index < -0.39 is 16.0 Å². The summed E-state index contributed by atoms with van der Waals surface area (Å²) in [6, 6.07) is 0. The molecule has 1 atom stereocenters. The Morgan fingerprint density at radius 2 is 1.90 bits per heavy atom. The van der Waals surface area contributed by atoms with E-state index in [1.165, 1.54) is 21.0 Å². The summed E-state index contributed by atoms with van der Waals surface area (Å²) in [5.41, 5.74) is -0.0521. The van der Waals surface area contributed by atoms with Gasteiger partial charge < -0.3 is 14.5 Å². The standard InChI is InChI=1S/C13H22N2O5S/c1-8(6-14-4)7-15-21(17,18)12-10(3)20-9(2)11(12)13(16)19-5/h8,14-15H,6-7H2,1-5H3. The SMILES string of the molecule is CNCC(C)CNS(=O)(=O)c1c(C)oc(C)c1C(=O)OC. The molecule has 0 bridgehead atoms. The Morgan fingerprint density at radius 3 is 2.43 bits per heavy atom. The lowest BCUT2D eigenvalue weighted by molar-refractivity contribution is 0.0595. The van der Waals surface area contributed by atoms with Crippen LogP contribution in [0, 0.1) is 19.8 Å². The van der Waals surface area contributed by atoms with Crippen LogP contribution in [0.1, 0.15) is 28.8 Å². The third-order valence-corrected chi connectivity index (χ3v) is 4.61. The fraction of sp³-hybridized carbons (Fsp3) is 0.615. The van der Waals surface area contributed by atoms with Gasteiger partial charge in [-0.15, -0.1) is 0 Å². The van der Waals surface area contributed by atoms with Gasteiger partial charge in [0, 0.05) is 6.54 Å². The number of esters is 1. The second-order valence-electron chi connectivity index (χ2n) is 4.92. The van der Waals surface area contributed by atoms with Crippen molar-refractivity contribution < 1.29 is 22.4 Å². The molecule has 1 rings (SSSR count). The van der Waals surface area contributed by atoms with Gasteiger partial charge in [0.05, 0.1) is 7.11 Å². The average molecular weight is 318 g/mol. The molecule has 1 aromatic rings. The molecule has 0 saturated carbocycles. The number of ether oxygens (including phenoxy) is 1. The van der Waals surface area contributed by atoms with Crippen LogP contribution in [0.2, 0.25) is 0 Å². The van der Waals surface area contributed by atoms with Gasteiger partial charge in [0.1, 0.15) is 22.0 Å². The van der Waals surface area contributed by atoms with E-state index in [0.717, 1.165) is 0 Å². The van der Waals surface area contributed by atoms with Crippen LogP contribution in [0.5, 0.6) is 0 Å². The van der Waals surface area contributed by atoms with Crippen LogP contribution in [0.4, 0.5) is 0 Å². The molecule has 0 amide bonds. The van der Waals surface area contributed by atoms with Crippen LogP contribution >= 0.6 is 0 Å². The molecular weight excluding hydrogens is 296 g/mol. The molecule has 1 heterocycles. The van der Waals surface area contributed by atoms with Gasteiger partial charge in [-0.2, -0.15) is 0 Å². The summed E-state index contributed by atoms with van der Waals surface area (Å²) in [7, 11) is -0.849. The third-order valence-electron chi connectivity index (χ3n) is 3.04. The molecule has 120 valence electrons. The van der Waals surface area contributed by atoms with Crippen LogP contribution in [0.3, 0.4) is 0 Å². The van der Waals surface area contributed by atoms with Crippen LogP contribution in [-0.2, 0) is 14.8 Å². The summed E-state index contributed by atoms with van der Waals surface area (Å²) < 4.78 is 37.2. The van der Waals surface area contributed by atoms with Gasteiger partial charge in [0.25, 0.3) is 0 Å². The Hall–Kier alpha value is -1.38. The molecular formula is C13H22N2O5S. The van der Waals surface area contributed by atoms with Crippen molar-refractivity contribution in [3.63, 3.8) is 0 Å². The number of hydrogen-bond acceptors (Lipinski definition) is 6. The Bertz CT molecular complexity index is 606. The van der Waals surface area contributed by atoms with E-state index in [1.807, 2.05) is 6.92 Å². The highest BCUT2D eigenvalue weighted by molar-refractivity contribution is 7.89. The number of sulfonamides is 1.